The molecule has 0 radical (unpaired) electrons. The number of fused-ring (bicyclic) bond motifs is 1. The molecule has 0 aliphatic rings. The van der Waals surface area contributed by atoms with E-state index in [2.05, 4.69) is 38.5 Å². The van der Waals surface area contributed by atoms with Gasteiger partial charge in [-0.25, -0.2) is 0 Å². The first-order valence-electron chi connectivity index (χ1n) is 3.10. The number of furan rings is 1. The zero-order valence-electron chi connectivity index (χ0n) is 5.47. The number of benzene rings is 1. The van der Waals surface area contributed by atoms with Crippen molar-refractivity contribution in [3.63, 3.8) is 0 Å². The van der Waals surface area contributed by atoms with Crippen molar-refractivity contribution in [3.8, 4) is 0 Å². The lowest BCUT2D eigenvalue weighted by Crippen LogP contribution is -1.69. The van der Waals surface area contributed by atoms with Crippen LogP contribution in [0.1, 0.15) is 0 Å². The molecule has 0 fully saturated rings. The van der Waals surface area contributed by atoms with Crippen LogP contribution in [0.15, 0.2) is 33.4 Å². The molecule has 0 spiro atoms. The highest BCUT2D eigenvalue weighted by Crippen LogP contribution is 2.28. The van der Waals surface area contributed by atoms with E-state index in [0.29, 0.717) is 0 Å². The van der Waals surface area contributed by atoms with Crippen LogP contribution in [0.3, 0.4) is 0 Å². The van der Waals surface area contributed by atoms with Gasteiger partial charge in [0.15, 0.2) is 0 Å². The van der Waals surface area contributed by atoms with Gasteiger partial charge in [0, 0.05) is 5.39 Å². The molecule has 0 aliphatic heterocycles. The van der Waals surface area contributed by atoms with Crippen molar-refractivity contribution >= 4 is 49.5 Å². The van der Waals surface area contributed by atoms with Crippen molar-refractivity contribution in [1.82, 2.24) is 0 Å². The van der Waals surface area contributed by atoms with Crippen LogP contribution < -0.4 is 0 Å². The van der Waals surface area contributed by atoms with Gasteiger partial charge in [0.1, 0.15) is 11.8 Å². The Morgan fingerprint density at radius 1 is 1.36 bits per heavy atom. The summed E-state index contributed by atoms with van der Waals surface area (Å²) in [5, 5.41) is 1.14. The van der Waals surface area contributed by atoms with E-state index in [1.54, 1.807) is 6.26 Å². The standard InChI is InChI=1S/C8H4BrIO/c9-6-4-11-8-5(6)2-1-3-7(8)10/h1-4H. The van der Waals surface area contributed by atoms with E-state index in [1.165, 1.54) is 0 Å². The Kier molecular flexibility index (Phi) is 1.93. The van der Waals surface area contributed by atoms with Gasteiger partial charge in [0.05, 0.1) is 8.04 Å². The fourth-order valence-electron chi connectivity index (χ4n) is 0.991. The van der Waals surface area contributed by atoms with E-state index < -0.39 is 0 Å². The van der Waals surface area contributed by atoms with Crippen LogP contribution in [0, 0.1) is 3.57 Å². The van der Waals surface area contributed by atoms with E-state index in [0.717, 1.165) is 19.0 Å². The van der Waals surface area contributed by atoms with Gasteiger partial charge in [-0.15, -0.1) is 0 Å². The van der Waals surface area contributed by atoms with Crippen LogP contribution in [0.5, 0.6) is 0 Å². The third-order valence-electron chi connectivity index (χ3n) is 1.50. The van der Waals surface area contributed by atoms with Gasteiger partial charge in [-0.2, -0.15) is 0 Å². The van der Waals surface area contributed by atoms with Crippen LogP contribution in [0.25, 0.3) is 11.0 Å². The average molecular weight is 323 g/mol. The zero-order valence-corrected chi connectivity index (χ0v) is 9.22. The molecule has 56 valence electrons. The molecule has 11 heavy (non-hydrogen) atoms. The fourth-order valence-corrected chi connectivity index (χ4v) is 2.02. The molecule has 1 nitrogen and oxygen atoms in total. The quantitative estimate of drug-likeness (QED) is 0.672. The van der Waals surface area contributed by atoms with Gasteiger partial charge in [-0.05, 0) is 50.7 Å². The largest absolute Gasteiger partial charge is 0.462 e. The molecule has 2 aromatic rings. The second kappa shape index (κ2) is 2.79. The number of hydrogen-bond acceptors (Lipinski definition) is 1. The minimum absolute atomic E-state index is 0.958. The van der Waals surface area contributed by atoms with E-state index >= 15 is 0 Å². The molecule has 2 rings (SSSR count). The summed E-state index contributed by atoms with van der Waals surface area (Å²) < 4.78 is 7.49. The Bertz CT molecular complexity index is 394. The monoisotopic (exact) mass is 322 g/mol. The first kappa shape index (κ1) is 7.61. The summed E-state index contributed by atoms with van der Waals surface area (Å²) in [6.07, 6.45) is 1.72. The van der Waals surface area contributed by atoms with Crippen molar-refractivity contribution in [3.05, 3.63) is 32.5 Å². The third-order valence-corrected chi connectivity index (χ3v) is 2.97. The van der Waals surface area contributed by atoms with Gasteiger partial charge in [0.25, 0.3) is 0 Å². The maximum Gasteiger partial charge on any atom is 0.148 e. The summed E-state index contributed by atoms with van der Waals surface area (Å²) in [6.45, 7) is 0. The van der Waals surface area contributed by atoms with Crippen molar-refractivity contribution in [1.29, 1.82) is 0 Å². The Morgan fingerprint density at radius 2 is 2.18 bits per heavy atom. The lowest BCUT2D eigenvalue weighted by Gasteiger charge is -1.90. The molecular weight excluding hydrogens is 319 g/mol. The van der Waals surface area contributed by atoms with Crippen LogP contribution in [0.2, 0.25) is 0 Å². The summed E-state index contributed by atoms with van der Waals surface area (Å²) >= 11 is 5.66. The highest BCUT2D eigenvalue weighted by Gasteiger charge is 2.04. The van der Waals surface area contributed by atoms with Crippen molar-refractivity contribution in [2.45, 2.75) is 0 Å². The molecule has 1 aromatic heterocycles. The molecule has 1 heterocycles. The predicted molar refractivity (Wildman–Crippen MR) is 56.6 cm³/mol. The molecule has 0 atom stereocenters. The van der Waals surface area contributed by atoms with Crippen molar-refractivity contribution in [2.24, 2.45) is 0 Å². The topological polar surface area (TPSA) is 13.1 Å². The van der Waals surface area contributed by atoms with Crippen molar-refractivity contribution in [2.75, 3.05) is 0 Å². The van der Waals surface area contributed by atoms with Gasteiger partial charge in [-0.3, -0.25) is 0 Å². The van der Waals surface area contributed by atoms with Crippen molar-refractivity contribution < 1.29 is 4.42 Å². The smallest absolute Gasteiger partial charge is 0.148 e. The summed E-state index contributed by atoms with van der Waals surface area (Å²) in [5.74, 6) is 0. The second-order valence-corrected chi connectivity index (χ2v) is 4.22. The summed E-state index contributed by atoms with van der Waals surface area (Å²) in [5.41, 5.74) is 0.958. The second-order valence-electron chi connectivity index (χ2n) is 2.20. The maximum absolute atomic E-state index is 5.33. The van der Waals surface area contributed by atoms with Crippen LogP contribution in [-0.4, -0.2) is 0 Å². The van der Waals surface area contributed by atoms with Crippen LogP contribution in [0.4, 0.5) is 0 Å². The van der Waals surface area contributed by atoms with Gasteiger partial charge in [-0.1, -0.05) is 6.07 Å². The first-order chi connectivity index (χ1) is 5.29. The van der Waals surface area contributed by atoms with Crippen LogP contribution >= 0.6 is 38.5 Å². The fraction of sp³-hybridized carbons (Fsp3) is 0. The van der Waals surface area contributed by atoms with Crippen LogP contribution in [-0.2, 0) is 0 Å². The normalized spacial score (nSPS) is 10.7. The highest BCUT2D eigenvalue weighted by atomic mass is 127. The first-order valence-corrected chi connectivity index (χ1v) is 4.97. The molecule has 0 saturated heterocycles. The van der Waals surface area contributed by atoms with Gasteiger partial charge < -0.3 is 4.42 Å². The molecule has 1 aromatic carbocycles. The molecule has 0 saturated carbocycles. The molecule has 0 aliphatic carbocycles. The van der Waals surface area contributed by atoms with E-state index in [4.69, 9.17) is 4.42 Å². The zero-order chi connectivity index (χ0) is 7.84. The number of rotatable bonds is 0. The summed E-state index contributed by atoms with van der Waals surface area (Å²) in [6, 6.07) is 6.08. The SMILES string of the molecule is Brc1coc2c(I)cccc12. The predicted octanol–water partition coefficient (Wildman–Crippen LogP) is 3.80. The van der Waals surface area contributed by atoms with Gasteiger partial charge in [0.2, 0.25) is 0 Å². The van der Waals surface area contributed by atoms with Gasteiger partial charge >= 0.3 is 0 Å². The van der Waals surface area contributed by atoms with E-state index in [-0.39, 0.29) is 0 Å². The Labute approximate surface area is 86.0 Å². The van der Waals surface area contributed by atoms with E-state index in [1.807, 2.05) is 18.2 Å². The number of halogens is 2. The molecule has 0 unspecified atom stereocenters. The molecule has 0 N–H and O–H groups in total. The molecular formula is C8H4BrIO. The lowest BCUT2D eigenvalue weighted by molar-refractivity contribution is 0.612. The molecule has 0 amide bonds. The number of para-hydroxylation sites is 1. The third kappa shape index (κ3) is 1.20. The Balaban J connectivity index is 2.94. The summed E-state index contributed by atoms with van der Waals surface area (Å²) in [7, 11) is 0. The molecule has 0 bridgehead atoms. The maximum atomic E-state index is 5.33. The summed E-state index contributed by atoms with van der Waals surface area (Å²) in [4.78, 5) is 0. The average Bonchev–Trinajstić information content (AvgIpc) is 2.35. The Morgan fingerprint density at radius 3 is 2.91 bits per heavy atom. The van der Waals surface area contributed by atoms with E-state index in [9.17, 15) is 0 Å². The Hall–Kier alpha value is -0.0300. The minimum atomic E-state index is 0.958. The molecule has 3 heteroatoms. The minimum Gasteiger partial charge on any atom is -0.462 e. The number of hydrogen-bond donors (Lipinski definition) is 0. The lowest BCUT2D eigenvalue weighted by atomic mass is 10.3. The highest BCUT2D eigenvalue weighted by molar-refractivity contribution is 14.1.